The van der Waals surface area contributed by atoms with Crippen molar-refractivity contribution in [2.75, 3.05) is 22.1 Å². The Morgan fingerprint density at radius 3 is 2.55 bits per heavy atom. The number of rotatable bonds is 8. The summed E-state index contributed by atoms with van der Waals surface area (Å²) < 4.78 is 2.00. The third kappa shape index (κ3) is 5.63. The Balaban J connectivity index is 1.20. The molecule has 0 atom stereocenters. The number of anilines is 4. The molecule has 7 rings (SSSR count). The van der Waals surface area contributed by atoms with E-state index in [-0.39, 0.29) is 11.8 Å². The molecule has 0 unspecified atom stereocenters. The fourth-order valence-electron chi connectivity index (χ4n) is 5.53. The summed E-state index contributed by atoms with van der Waals surface area (Å²) >= 11 is 0. The van der Waals surface area contributed by atoms with Crippen LogP contribution in [-0.2, 0) is 16.0 Å². The zero-order valence-corrected chi connectivity index (χ0v) is 23.9. The van der Waals surface area contributed by atoms with E-state index in [4.69, 9.17) is 9.97 Å². The number of carbonyl (C=O) groups is 2. The molecule has 0 spiro atoms. The van der Waals surface area contributed by atoms with Gasteiger partial charge in [-0.05, 0) is 60.5 Å². The number of amides is 2. The highest BCUT2D eigenvalue weighted by molar-refractivity contribution is 5.96. The van der Waals surface area contributed by atoms with Crippen molar-refractivity contribution in [1.29, 1.82) is 0 Å². The summed E-state index contributed by atoms with van der Waals surface area (Å²) in [7, 11) is 0. The van der Waals surface area contributed by atoms with Crippen LogP contribution in [-0.4, -0.2) is 37.7 Å². The molecule has 1 saturated heterocycles. The Bertz CT molecular complexity index is 1990. The van der Waals surface area contributed by atoms with Gasteiger partial charge in [0.1, 0.15) is 5.65 Å². The molecule has 9 heteroatoms. The van der Waals surface area contributed by atoms with Gasteiger partial charge in [0, 0.05) is 48.0 Å². The van der Waals surface area contributed by atoms with Gasteiger partial charge in [-0.25, -0.2) is 15.0 Å². The third-order valence-corrected chi connectivity index (χ3v) is 7.54. The van der Waals surface area contributed by atoms with Gasteiger partial charge in [0.25, 0.3) is 0 Å². The van der Waals surface area contributed by atoms with E-state index in [9.17, 15) is 9.59 Å². The molecule has 1 aliphatic rings. The number of aromatic nitrogens is 4. The third-order valence-electron chi connectivity index (χ3n) is 7.54. The van der Waals surface area contributed by atoms with E-state index < -0.39 is 0 Å². The van der Waals surface area contributed by atoms with Gasteiger partial charge in [0.15, 0.2) is 0 Å². The molecule has 0 saturated carbocycles. The number of imidazole rings is 1. The monoisotopic (exact) mass is 579 g/mol. The number of hydrogen-bond donors (Lipinski definition) is 2. The van der Waals surface area contributed by atoms with Crippen LogP contribution in [0.3, 0.4) is 0 Å². The second kappa shape index (κ2) is 11.8. The van der Waals surface area contributed by atoms with Gasteiger partial charge in [-0.3, -0.25) is 14.0 Å². The minimum atomic E-state index is -0.0896. The first-order valence-corrected chi connectivity index (χ1v) is 14.5. The van der Waals surface area contributed by atoms with E-state index in [0.29, 0.717) is 30.2 Å². The maximum Gasteiger partial charge on any atom is 0.228 e. The van der Waals surface area contributed by atoms with Crippen LogP contribution in [0.1, 0.15) is 18.4 Å². The van der Waals surface area contributed by atoms with Crippen molar-refractivity contribution in [1.82, 2.24) is 19.4 Å². The average Bonchev–Trinajstić information content (AvgIpc) is 3.65. The number of carbonyl (C=O) groups excluding carboxylic acids is 2. The zero-order valence-electron chi connectivity index (χ0n) is 23.9. The molecular weight excluding hydrogens is 550 g/mol. The zero-order chi connectivity index (χ0) is 29.9. The van der Waals surface area contributed by atoms with Crippen LogP contribution in [0.2, 0.25) is 0 Å². The summed E-state index contributed by atoms with van der Waals surface area (Å²) in [6.45, 7) is 0.725. The van der Waals surface area contributed by atoms with Crippen LogP contribution in [0.15, 0.2) is 116 Å². The van der Waals surface area contributed by atoms with Crippen LogP contribution < -0.4 is 15.5 Å². The van der Waals surface area contributed by atoms with Crippen LogP contribution in [0.25, 0.3) is 28.3 Å². The smallest absolute Gasteiger partial charge is 0.228 e. The molecule has 0 bridgehead atoms. The maximum absolute atomic E-state index is 12.8. The van der Waals surface area contributed by atoms with Crippen molar-refractivity contribution in [3.8, 4) is 22.6 Å². The van der Waals surface area contributed by atoms with E-state index in [1.54, 1.807) is 6.20 Å². The SMILES string of the molecule is O=C(Cc1ccccc1)Nc1cccc(-c2nc3ccccn3c2-c2ccnc(Nc3cccc(N4CCCC4=O)c3)n2)c1. The lowest BCUT2D eigenvalue weighted by molar-refractivity contribution is -0.117. The summed E-state index contributed by atoms with van der Waals surface area (Å²) in [6.07, 6.45) is 5.40. The minimum absolute atomic E-state index is 0.0896. The molecule has 1 fully saturated rings. The molecule has 4 heterocycles. The molecule has 44 heavy (non-hydrogen) atoms. The summed E-state index contributed by atoms with van der Waals surface area (Å²) in [4.78, 5) is 41.2. The highest BCUT2D eigenvalue weighted by Crippen LogP contribution is 2.34. The largest absolute Gasteiger partial charge is 0.326 e. The van der Waals surface area contributed by atoms with Crippen LogP contribution in [0.5, 0.6) is 0 Å². The molecule has 216 valence electrons. The van der Waals surface area contributed by atoms with E-state index in [1.807, 2.05) is 119 Å². The van der Waals surface area contributed by atoms with Crippen molar-refractivity contribution < 1.29 is 9.59 Å². The molecule has 0 aliphatic carbocycles. The molecule has 9 nitrogen and oxygen atoms in total. The molecular formula is C35H29N7O2. The van der Waals surface area contributed by atoms with Crippen molar-refractivity contribution in [3.63, 3.8) is 0 Å². The number of benzene rings is 3. The summed E-state index contributed by atoms with van der Waals surface area (Å²) in [6, 6.07) is 32.8. The summed E-state index contributed by atoms with van der Waals surface area (Å²) in [5, 5.41) is 6.33. The van der Waals surface area contributed by atoms with E-state index in [0.717, 1.165) is 52.5 Å². The average molecular weight is 580 g/mol. The standard InChI is InChI=1S/C35H29N7O2/c43-31(21-24-9-2-1-3-10-24)37-26-12-6-11-25(22-26)33-34(42-19-5-4-15-30(42)40-33)29-17-18-36-35(39-29)38-27-13-7-14-28(23-27)41-20-8-16-32(41)44/h1-7,9-15,17-19,22-23H,8,16,20-21H2,(H,37,43)(H,36,38,39). The van der Waals surface area contributed by atoms with Crippen LogP contribution >= 0.6 is 0 Å². The van der Waals surface area contributed by atoms with E-state index >= 15 is 0 Å². The van der Waals surface area contributed by atoms with Gasteiger partial charge in [-0.2, -0.15) is 0 Å². The van der Waals surface area contributed by atoms with Gasteiger partial charge in [-0.1, -0.05) is 54.6 Å². The first kappa shape index (κ1) is 27.0. The van der Waals surface area contributed by atoms with Crippen molar-refractivity contribution in [3.05, 3.63) is 121 Å². The Labute approximate surface area is 254 Å². The Morgan fingerprint density at radius 2 is 1.68 bits per heavy atom. The second-order valence-electron chi connectivity index (χ2n) is 10.6. The second-order valence-corrected chi connectivity index (χ2v) is 10.6. The van der Waals surface area contributed by atoms with Gasteiger partial charge in [-0.15, -0.1) is 0 Å². The topological polar surface area (TPSA) is 105 Å². The molecule has 0 radical (unpaired) electrons. The lowest BCUT2D eigenvalue weighted by Gasteiger charge is -2.17. The normalized spacial score (nSPS) is 12.9. The van der Waals surface area contributed by atoms with E-state index in [2.05, 4.69) is 15.6 Å². The van der Waals surface area contributed by atoms with Crippen molar-refractivity contribution in [2.45, 2.75) is 19.3 Å². The van der Waals surface area contributed by atoms with Gasteiger partial charge < -0.3 is 15.5 Å². The quantitative estimate of drug-likeness (QED) is 0.213. The lowest BCUT2D eigenvalue weighted by atomic mass is 10.1. The van der Waals surface area contributed by atoms with Gasteiger partial charge in [0.2, 0.25) is 17.8 Å². The van der Waals surface area contributed by atoms with E-state index in [1.165, 1.54) is 0 Å². The Kier molecular flexibility index (Phi) is 7.25. The summed E-state index contributed by atoms with van der Waals surface area (Å²) in [5.41, 5.74) is 7.11. The predicted octanol–water partition coefficient (Wildman–Crippen LogP) is 6.51. The van der Waals surface area contributed by atoms with Crippen molar-refractivity contribution in [2.24, 2.45) is 0 Å². The number of hydrogen-bond acceptors (Lipinski definition) is 6. The number of nitrogens with one attached hydrogen (secondary N) is 2. The fraction of sp³-hybridized carbons (Fsp3) is 0.114. The Morgan fingerprint density at radius 1 is 0.841 bits per heavy atom. The summed E-state index contributed by atoms with van der Waals surface area (Å²) in [5.74, 6) is 0.472. The highest BCUT2D eigenvalue weighted by Gasteiger charge is 2.22. The molecule has 2 N–H and O–H groups in total. The number of fused-ring (bicyclic) bond motifs is 1. The first-order valence-electron chi connectivity index (χ1n) is 14.5. The van der Waals surface area contributed by atoms with Crippen molar-refractivity contribution >= 4 is 40.5 Å². The molecule has 3 aromatic carbocycles. The first-order chi connectivity index (χ1) is 21.6. The van der Waals surface area contributed by atoms with Gasteiger partial charge >= 0.3 is 0 Å². The van der Waals surface area contributed by atoms with Crippen LogP contribution in [0.4, 0.5) is 23.0 Å². The highest BCUT2D eigenvalue weighted by atomic mass is 16.2. The van der Waals surface area contributed by atoms with Gasteiger partial charge in [0.05, 0.1) is 23.5 Å². The fourth-order valence-corrected chi connectivity index (χ4v) is 5.53. The van der Waals surface area contributed by atoms with Crippen LogP contribution in [0, 0.1) is 0 Å². The predicted molar refractivity (Wildman–Crippen MR) is 172 cm³/mol. The lowest BCUT2D eigenvalue weighted by Crippen LogP contribution is -2.23. The molecule has 3 aromatic heterocycles. The molecule has 2 amide bonds. The number of nitrogens with zero attached hydrogens (tertiary/aromatic N) is 5. The molecule has 1 aliphatic heterocycles. The maximum atomic E-state index is 12.8. The minimum Gasteiger partial charge on any atom is -0.326 e. The Hall–Kier alpha value is -5.83. The number of pyridine rings is 1. The molecule has 6 aromatic rings.